The maximum absolute atomic E-state index is 13.1. The minimum Gasteiger partial charge on any atom is -0.481 e. The fourth-order valence-corrected chi connectivity index (χ4v) is 1.14. The number of aliphatic carboxylic acids is 1. The first-order valence-corrected chi connectivity index (χ1v) is 4.08. The zero-order valence-corrected chi connectivity index (χ0v) is 7.68. The topological polar surface area (TPSA) is 37.3 Å². The summed E-state index contributed by atoms with van der Waals surface area (Å²) in [5.74, 6) is -2.49. The minimum absolute atomic E-state index is 0.150. The van der Waals surface area contributed by atoms with Gasteiger partial charge in [0.05, 0.1) is 5.92 Å². The molecule has 0 aliphatic heterocycles. The first-order chi connectivity index (χ1) is 6.02. The van der Waals surface area contributed by atoms with Crippen LogP contribution in [0.2, 0.25) is 5.02 Å². The summed E-state index contributed by atoms with van der Waals surface area (Å²) in [7, 11) is 0. The molecule has 4 heteroatoms. The number of carbonyl (C=O) groups is 1. The van der Waals surface area contributed by atoms with Crippen molar-refractivity contribution in [3.8, 4) is 0 Å². The molecule has 1 aromatic carbocycles. The lowest BCUT2D eigenvalue weighted by atomic mass is 10.0. The Morgan fingerprint density at radius 3 is 2.69 bits per heavy atom. The van der Waals surface area contributed by atoms with Crippen molar-refractivity contribution in [1.29, 1.82) is 0 Å². The highest BCUT2D eigenvalue weighted by Gasteiger charge is 2.17. The van der Waals surface area contributed by atoms with Gasteiger partial charge in [-0.2, -0.15) is 0 Å². The minimum atomic E-state index is -1.05. The van der Waals surface area contributed by atoms with E-state index in [0.717, 1.165) is 6.07 Å². The zero-order valence-electron chi connectivity index (χ0n) is 6.92. The van der Waals surface area contributed by atoms with Gasteiger partial charge in [-0.25, -0.2) is 4.39 Å². The fourth-order valence-electron chi connectivity index (χ4n) is 0.986. The first-order valence-electron chi connectivity index (χ1n) is 3.70. The largest absolute Gasteiger partial charge is 0.481 e. The van der Waals surface area contributed by atoms with Crippen molar-refractivity contribution in [1.82, 2.24) is 0 Å². The second-order valence-corrected chi connectivity index (χ2v) is 3.16. The number of benzene rings is 1. The van der Waals surface area contributed by atoms with E-state index in [9.17, 15) is 9.18 Å². The van der Waals surface area contributed by atoms with Crippen LogP contribution in [-0.4, -0.2) is 11.1 Å². The molecule has 1 rings (SSSR count). The second kappa shape index (κ2) is 3.75. The van der Waals surface area contributed by atoms with Crippen LogP contribution in [0.3, 0.4) is 0 Å². The number of rotatable bonds is 2. The molecular weight excluding hydrogens is 195 g/mol. The van der Waals surface area contributed by atoms with E-state index in [1.54, 1.807) is 0 Å². The van der Waals surface area contributed by atoms with Crippen LogP contribution in [0, 0.1) is 5.82 Å². The summed E-state index contributed by atoms with van der Waals surface area (Å²) >= 11 is 5.51. The summed E-state index contributed by atoms with van der Waals surface area (Å²) in [5.41, 5.74) is 0.150. The standard InChI is InChI=1S/C9H8ClFO2/c1-5(9(12)13)7-3-2-6(10)4-8(7)11/h2-5H,1H3,(H,12,13)/t5-/m1/s1. The van der Waals surface area contributed by atoms with E-state index in [4.69, 9.17) is 16.7 Å². The third-order valence-corrected chi connectivity index (χ3v) is 2.03. The SMILES string of the molecule is C[C@@H](C(=O)O)c1ccc(Cl)cc1F. The predicted molar refractivity (Wildman–Crippen MR) is 47.5 cm³/mol. The molecule has 0 unspecified atom stereocenters. The molecule has 0 radical (unpaired) electrons. The van der Waals surface area contributed by atoms with Crippen molar-refractivity contribution < 1.29 is 14.3 Å². The molecule has 0 saturated heterocycles. The predicted octanol–water partition coefficient (Wildman–Crippen LogP) is 2.67. The number of carboxylic acid groups (broad SMARTS) is 1. The Balaban J connectivity index is 3.08. The van der Waals surface area contributed by atoms with E-state index in [0.29, 0.717) is 0 Å². The Labute approximate surface area is 80.0 Å². The van der Waals surface area contributed by atoms with Crippen LogP contribution in [0.15, 0.2) is 18.2 Å². The van der Waals surface area contributed by atoms with E-state index in [-0.39, 0.29) is 10.6 Å². The average molecular weight is 203 g/mol. The van der Waals surface area contributed by atoms with Crippen LogP contribution in [-0.2, 0) is 4.79 Å². The van der Waals surface area contributed by atoms with Crippen molar-refractivity contribution in [2.24, 2.45) is 0 Å². The van der Waals surface area contributed by atoms with Gasteiger partial charge < -0.3 is 5.11 Å². The zero-order chi connectivity index (χ0) is 10.0. The van der Waals surface area contributed by atoms with E-state index in [2.05, 4.69) is 0 Å². The van der Waals surface area contributed by atoms with Crippen LogP contribution in [0.25, 0.3) is 0 Å². The van der Waals surface area contributed by atoms with E-state index >= 15 is 0 Å². The van der Waals surface area contributed by atoms with Gasteiger partial charge >= 0.3 is 5.97 Å². The van der Waals surface area contributed by atoms with E-state index < -0.39 is 17.7 Å². The molecule has 0 aliphatic carbocycles. The summed E-state index contributed by atoms with van der Waals surface area (Å²) in [6.45, 7) is 1.43. The lowest BCUT2D eigenvalue weighted by molar-refractivity contribution is -0.138. The van der Waals surface area contributed by atoms with Gasteiger partial charge in [-0.05, 0) is 19.1 Å². The molecule has 0 spiro atoms. The third kappa shape index (κ3) is 2.18. The van der Waals surface area contributed by atoms with Gasteiger partial charge in [0.15, 0.2) is 0 Å². The highest BCUT2D eigenvalue weighted by Crippen LogP contribution is 2.22. The normalized spacial score (nSPS) is 12.5. The fraction of sp³-hybridized carbons (Fsp3) is 0.222. The number of carboxylic acids is 1. The Morgan fingerprint density at radius 1 is 1.62 bits per heavy atom. The summed E-state index contributed by atoms with van der Waals surface area (Å²) in [5, 5.41) is 8.89. The molecule has 13 heavy (non-hydrogen) atoms. The molecule has 2 nitrogen and oxygen atoms in total. The monoisotopic (exact) mass is 202 g/mol. The molecular formula is C9H8ClFO2. The number of hydrogen-bond donors (Lipinski definition) is 1. The molecule has 0 aliphatic rings. The van der Waals surface area contributed by atoms with Crippen molar-refractivity contribution in [2.75, 3.05) is 0 Å². The molecule has 70 valence electrons. The van der Waals surface area contributed by atoms with Crippen LogP contribution < -0.4 is 0 Å². The lowest BCUT2D eigenvalue weighted by Crippen LogP contribution is -2.09. The molecule has 0 aromatic heterocycles. The average Bonchev–Trinajstić information content (AvgIpc) is 2.03. The molecule has 0 saturated carbocycles. The Kier molecular flexibility index (Phi) is 2.88. The molecule has 0 amide bonds. The van der Waals surface area contributed by atoms with Crippen molar-refractivity contribution in [3.05, 3.63) is 34.6 Å². The highest BCUT2D eigenvalue weighted by atomic mass is 35.5. The van der Waals surface area contributed by atoms with Gasteiger partial charge in [0, 0.05) is 10.6 Å². The lowest BCUT2D eigenvalue weighted by Gasteiger charge is -2.07. The smallest absolute Gasteiger partial charge is 0.310 e. The molecule has 1 atom stereocenters. The van der Waals surface area contributed by atoms with Gasteiger partial charge in [0.25, 0.3) is 0 Å². The summed E-state index contributed by atoms with van der Waals surface area (Å²) < 4.78 is 13.1. The highest BCUT2D eigenvalue weighted by molar-refractivity contribution is 6.30. The Hall–Kier alpha value is -1.09. The maximum Gasteiger partial charge on any atom is 0.310 e. The number of halogens is 2. The van der Waals surface area contributed by atoms with Gasteiger partial charge in [-0.1, -0.05) is 17.7 Å². The van der Waals surface area contributed by atoms with Crippen LogP contribution in [0.1, 0.15) is 18.4 Å². The van der Waals surface area contributed by atoms with Crippen molar-refractivity contribution in [2.45, 2.75) is 12.8 Å². The Morgan fingerprint density at radius 2 is 2.23 bits per heavy atom. The van der Waals surface area contributed by atoms with Crippen LogP contribution in [0.4, 0.5) is 4.39 Å². The van der Waals surface area contributed by atoms with E-state index in [1.165, 1.54) is 19.1 Å². The van der Waals surface area contributed by atoms with Gasteiger partial charge in [-0.3, -0.25) is 4.79 Å². The summed E-state index contributed by atoms with van der Waals surface area (Å²) in [6.07, 6.45) is 0. The molecule has 1 N–H and O–H groups in total. The molecule has 0 heterocycles. The van der Waals surface area contributed by atoms with Gasteiger partial charge in [-0.15, -0.1) is 0 Å². The van der Waals surface area contributed by atoms with Gasteiger partial charge in [0.2, 0.25) is 0 Å². The quantitative estimate of drug-likeness (QED) is 0.801. The summed E-state index contributed by atoms with van der Waals surface area (Å²) in [6, 6.07) is 3.96. The van der Waals surface area contributed by atoms with Gasteiger partial charge in [0.1, 0.15) is 5.82 Å². The second-order valence-electron chi connectivity index (χ2n) is 2.73. The molecule has 0 bridgehead atoms. The van der Waals surface area contributed by atoms with Crippen LogP contribution in [0.5, 0.6) is 0 Å². The van der Waals surface area contributed by atoms with Crippen molar-refractivity contribution in [3.63, 3.8) is 0 Å². The molecule has 1 aromatic rings. The maximum atomic E-state index is 13.1. The van der Waals surface area contributed by atoms with Crippen molar-refractivity contribution >= 4 is 17.6 Å². The summed E-state index contributed by atoms with van der Waals surface area (Å²) in [4.78, 5) is 10.5. The Bertz CT molecular complexity index is 338. The third-order valence-electron chi connectivity index (χ3n) is 1.80. The number of hydrogen-bond acceptors (Lipinski definition) is 1. The van der Waals surface area contributed by atoms with E-state index in [1.807, 2.05) is 0 Å². The molecule has 0 fully saturated rings. The van der Waals surface area contributed by atoms with Crippen LogP contribution >= 0.6 is 11.6 Å². The first kappa shape index (κ1) is 9.99.